The average Bonchev–Trinajstić information content (AvgIpc) is 2.73. The zero-order chi connectivity index (χ0) is 19.5. The number of rotatable bonds is 4. The van der Waals surface area contributed by atoms with Crippen LogP contribution in [0.3, 0.4) is 0 Å². The van der Waals surface area contributed by atoms with Gasteiger partial charge in [-0.25, -0.2) is 0 Å². The van der Waals surface area contributed by atoms with Crippen LogP contribution in [0.4, 0.5) is 0 Å². The molecular weight excluding hydrogens is 414 g/mol. The Morgan fingerprint density at radius 3 is 2.39 bits per heavy atom. The lowest BCUT2D eigenvalue weighted by Crippen LogP contribution is -2.29. The Kier molecular flexibility index (Phi) is 5.13. The first kappa shape index (κ1) is 18.3. The van der Waals surface area contributed by atoms with Crippen molar-refractivity contribution in [2.45, 2.75) is 6.04 Å². The lowest BCUT2D eigenvalue weighted by atomic mass is 9.92. The molecule has 0 aliphatic rings. The summed E-state index contributed by atoms with van der Waals surface area (Å²) >= 11 is 3.41. The highest BCUT2D eigenvalue weighted by atomic mass is 79.9. The van der Waals surface area contributed by atoms with Gasteiger partial charge in [0.1, 0.15) is 5.75 Å². The van der Waals surface area contributed by atoms with E-state index >= 15 is 0 Å². The second kappa shape index (κ2) is 7.87. The largest absolute Gasteiger partial charge is 0.508 e. The predicted octanol–water partition coefficient (Wildman–Crippen LogP) is 5.83. The van der Waals surface area contributed by atoms with Gasteiger partial charge in [-0.05, 0) is 40.6 Å². The van der Waals surface area contributed by atoms with Gasteiger partial charge in [-0.1, -0.05) is 82.7 Å². The van der Waals surface area contributed by atoms with Crippen LogP contribution in [0.2, 0.25) is 0 Å². The summed E-state index contributed by atoms with van der Waals surface area (Å²) in [4.78, 5) is 13.0. The molecule has 0 aliphatic heterocycles. The highest BCUT2D eigenvalue weighted by molar-refractivity contribution is 9.10. The monoisotopic (exact) mass is 431 g/mol. The van der Waals surface area contributed by atoms with Gasteiger partial charge in [0.25, 0.3) is 5.91 Å². The number of phenols is 1. The third-order valence-electron chi connectivity index (χ3n) is 4.73. The number of aromatic hydroxyl groups is 1. The second-order valence-electron chi connectivity index (χ2n) is 6.55. The number of carbonyl (C=O) groups is 1. The fraction of sp³-hybridized carbons (Fsp3) is 0.0417. The normalized spacial score (nSPS) is 11.9. The smallest absolute Gasteiger partial charge is 0.252 e. The molecule has 1 atom stereocenters. The van der Waals surface area contributed by atoms with Crippen LogP contribution >= 0.6 is 15.9 Å². The standard InChI is InChI=1S/C24H18BrNO2/c25-19-11-6-10-18(15-19)24(28)26-23(17-8-2-1-3-9-17)22-20-12-5-4-7-16(20)13-14-21(22)27/h1-15,23,27H,(H,26,28). The topological polar surface area (TPSA) is 49.3 Å². The van der Waals surface area contributed by atoms with E-state index in [0.717, 1.165) is 20.8 Å². The molecule has 2 N–H and O–H groups in total. The molecule has 138 valence electrons. The number of amides is 1. The van der Waals surface area contributed by atoms with E-state index in [9.17, 15) is 9.90 Å². The van der Waals surface area contributed by atoms with E-state index in [-0.39, 0.29) is 11.7 Å². The minimum atomic E-state index is -0.487. The molecule has 0 aromatic heterocycles. The molecule has 0 spiro atoms. The molecule has 4 aromatic carbocycles. The van der Waals surface area contributed by atoms with E-state index in [4.69, 9.17) is 0 Å². The zero-order valence-electron chi connectivity index (χ0n) is 15.0. The molecule has 28 heavy (non-hydrogen) atoms. The first-order valence-electron chi connectivity index (χ1n) is 8.95. The van der Waals surface area contributed by atoms with Gasteiger partial charge in [-0.3, -0.25) is 4.79 Å². The van der Waals surface area contributed by atoms with E-state index in [0.29, 0.717) is 11.1 Å². The number of halogens is 1. The van der Waals surface area contributed by atoms with Crippen molar-refractivity contribution >= 4 is 32.6 Å². The Morgan fingerprint density at radius 1 is 0.857 bits per heavy atom. The first-order valence-corrected chi connectivity index (χ1v) is 9.75. The summed E-state index contributed by atoms with van der Waals surface area (Å²) in [6, 6.07) is 27.9. The van der Waals surface area contributed by atoms with Crippen LogP contribution in [0.15, 0.2) is 95.5 Å². The van der Waals surface area contributed by atoms with Crippen LogP contribution in [0, 0.1) is 0 Å². The van der Waals surface area contributed by atoms with Gasteiger partial charge in [0.05, 0.1) is 6.04 Å². The van der Waals surface area contributed by atoms with Gasteiger partial charge in [0.15, 0.2) is 0 Å². The van der Waals surface area contributed by atoms with Crippen LogP contribution in [-0.2, 0) is 0 Å². The molecule has 0 saturated carbocycles. The maximum atomic E-state index is 13.0. The van der Waals surface area contributed by atoms with Crippen LogP contribution < -0.4 is 5.32 Å². The number of nitrogens with one attached hydrogen (secondary N) is 1. The summed E-state index contributed by atoms with van der Waals surface area (Å²) in [5, 5.41) is 15.7. The first-order chi connectivity index (χ1) is 13.6. The fourth-order valence-corrected chi connectivity index (χ4v) is 3.80. The average molecular weight is 432 g/mol. The maximum absolute atomic E-state index is 13.0. The third-order valence-corrected chi connectivity index (χ3v) is 5.22. The molecule has 0 heterocycles. The lowest BCUT2D eigenvalue weighted by Gasteiger charge is -2.23. The molecule has 3 nitrogen and oxygen atoms in total. The molecule has 1 amide bonds. The molecule has 4 aromatic rings. The van der Waals surface area contributed by atoms with Crippen molar-refractivity contribution in [2.24, 2.45) is 0 Å². The molecule has 1 unspecified atom stereocenters. The molecule has 4 heteroatoms. The number of carbonyl (C=O) groups excluding carboxylic acids is 1. The summed E-state index contributed by atoms with van der Waals surface area (Å²) in [6.07, 6.45) is 0. The minimum Gasteiger partial charge on any atom is -0.508 e. The maximum Gasteiger partial charge on any atom is 0.252 e. The van der Waals surface area contributed by atoms with Crippen LogP contribution in [0.5, 0.6) is 5.75 Å². The van der Waals surface area contributed by atoms with Gasteiger partial charge in [0.2, 0.25) is 0 Å². The van der Waals surface area contributed by atoms with Crippen molar-refractivity contribution in [1.29, 1.82) is 0 Å². The number of hydrogen-bond acceptors (Lipinski definition) is 2. The summed E-state index contributed by atoms with van der Waals surface area (Å²) in [5.41, 5.74) is 2.14. The number of phenolic OH excluding ortho intramolecular Hbond substituents is 1. The van der Waals surface area contributed by atoms with E-state index in [1.807, 2.05) is 72.8 Å². The van der Waals surface area contributed by atoms with E-state index in [1.165, 1.54) is 0 Å². The van der Waals surface area contributed by atoms with Crippen molar-refractivity contribution in [3.8, 4) is 5.75 Å². The van der Waals surface area contributed by atoms with Crippen LogP contribution in [0.1, 0.15) is 27.5 Å². The Labute approximate surface area is 171 Å². The van der Waals surface area contributed by atoms with Crippen LogP contribution in [0.25, 0.3) is 10.8 Å². The summed E-state index contributed by atoms with van der Waals surface area (Å²) in [7, 11) is 0. The van der Waals surface area contributed by atoms with Gasteiger partial charge >= 0.3 is 0 Å². The molecule has 0 bridgehead atoms. The van der Waals surface area contributed by atoms with Crippen molar-refractivity contribution < 1.29 is 9.90 Å². The van der Waals surface area contributed by atoms with Crippen molar-refractivity contribution in [3.63, 3.8) is 0 Å². The van der Waals surface area contributed by atoms with E-state index in [1.54, 1.807) is 18.2 Å². The Bertz CT molecular complexity index is 1140. The number of hydrogen-bond donors (Lipinski definition) is 2. The zero-order valence-corrected chi connectivity index (χ0v) is 16.6. The van der Waals surface area contributed by atoms with Gasteiger partial charge < -0.3 is 10.4 Å². The number of benzene rings is 4. The molecule has 0 radical (unpaired) electrons. The third kappa shape index (κ3) is 3.64. The number of fused-ring (bicyclic) bond motifs is 1. The van der Waals surface area contributed by atoms with E-state index < -0.39 is 6.04 Å². The molecule has 4 rings (SSSR count). The van der Waals surface area contributed by atoms with Gasteiger partial charge in [0, 0.05) is 15.6 Å². The summed E-state index contributed by atoms with van der Waals surface area (Å²) < 4.78 is 0.837. The fourth-order valence-electron chi connectivity index (χ4n) is 3.40. The van der Waals surface area contributed by atoms with Crippen molar-refractivity contribution in [2.75, 3.05) is 0 Å². The molecule has 0 aliphatic carbocycles. The summed E-state index contributed by atoms with van der Waals surface area (Å²) in [5.74, 6) is -0.0513. The Morgan fingerprint density at radius 2 is 1.61 bits per heavy atom. The molecule has 0 saturated heterocycles. The van der Waals surface area contributed by atoms with Crippen LogP contribution in [-0.4, -0.2) is 11.0 Å². The second-order valence-corrected chi connectivity index (χ2v) is 7.46. The Balaban J connectivity index is 1.84. The van der Waals surface area contributed by atoms with Gasteiger partial charge in [-0.15, -0.1) is 0 Å². The van der Waals surface area contributed by atoms with Gasteiger partial charge in [-0.2, -0.15) is 0 Å². The molecular formula is C24H18BrNO2. The van der Waals surface area contributed by atoms with Crippen molar-refractivity contribution in [1.82, 2.24) is 5.32 Å². The molecule has 0 fully saturated rings. The minimum absolute atomic E-state index is 0.155. The van der Waals surface area contributed by atoms with E-state index in [2.05, 4.69) is 21.2 Å². The quantitative estimate of drug-likeness (QED) is 0.427. The highest BCUT2D eigenvalue weighted by Crippen LogP contribution is 2.36. The highest BCUT2D eigenvalue weighted by Gasteiger charge is 2.23. The Hall–Kier alpha value is -3.11. The SMILES string of the molecule is O=C(NC(c1ccccc1)c1c(O)ccc2ccccc12)c1cccc(Br)c1. The lowest BCUT2D eigenvalue weighted by molar-refractivity contribution is 0.0943. The summed E-state index contributed by atoms with van der Waals surface area (Å²) in [6.45, 7) is 0. The predicted molar refractivity (Wildman–Crippen MR) is 116 cm³/mol. The van der Waals surface area contributed by atoms with Crippen molar-refractivity contribution in [3.05, 3.63) is 112 Å².